The number of carbonyl (C=O) groups excluding carboxylic acids is 1. The summed E-state index contributed by atoms with van der Waals surface area (Å²) in [4.78, 5) is 16.7. The monoisotopic (exact) mass is 308 g/mol. The molecule has 1 aromatic carbocycles. The molecule has 21 heavy (non-hydrogen) atoms. The van der Waals surface area contributed by atoms with Crippen molar-refractivity contribution in [2.75, 3.05) is 13.2 Å². The molecule has 2 aromatic rings. The summed E-state index contributed by atoms with van der Waals surface area (Å²) < 4.78 is 18.7. The van der Waals surface area contributed by atoms with Crippen molar-refractivity contribution in [2.45, 2.75) is 18.8 Å². The first-order valence-electron chi connectivity index (χ1n) is 6.64. The number of rotatable bonds is 6. The van der Waals surface area contributed by atoms with Gasteiger partial charge in [0.15, 0.2) is 0 Å². The van der Waals surface area contributed by atoms with Gasteiger partial charge in [-0.3, -0.25) is 4.79 Å². The van der Waals surface area contributed by atoms with E-state index in [0.717, 1.165) is 5.01 Å². The molecule has 0 aliphatic heterocycles. The van der Waals surface area contributed by atoms with Crippen LogP contribution in [0.25, 0.3) is 0 Å². The van der Waals surface area contributed by atoms with Crippen molar-refractivity contribution in [3.8, 4) is 0 Å². The lowest BCUT2D eigenvalue weighted by Crippen LogP contribution is -2.46. The van der Waals surface area contributed by atoms with Crippen LogP contribution in [0.15, 0.2) is 35.8 Å². The van der Waals surface area contributed by atoms with Gasteiger partial charge in [-0.1, -0.05) is 12.1 Å². The van der Waals surface area contributed by atoms with Gasteiger partial charge in [0.05, 0.1) is 11.6 Å². The lowest BCUT2D eigenvalue weighted by atomic mass is 9.77. The van der Waals surface area contributed by atoms with Crippen molar-refractivity contribution in [1.29, 1.82) is 0 Å². The molecule has 6 heteroatoms. The first-order chi connectivity index (χ1) is 10.1. The van der Waals surface area contributed by atoms with Crippen LogP contribution in [0.3, 0.4) is 0 Å². The van der Waals surface area contributed by atoms with Crippen LogP contribution in [-0.2, 0) is 21.4 Å². The summed E-state index contributed by atoms with van der Waals surface area (Å²) in [5, 5.41) is 2.59. The van der Waals surface area contributed by atoms with Gasteiger partial charge >= 0.3 is 5.97 Å². The highest BCUT2D eigenvalue weighted by Crippen LogP contribution is 2.30. The molecule has 2 rings (SSSR count). The molecule has 1 heterocycles. The standard InChI is InChI=1S/C15H17FN2O2S/c1-2-20-14(19)15(10-17,9-13-18-6-7-21-13)11-4-3-5-12(16)8-11/h3-8H,2,9-10,17H2,1H3. The molecular weight excluding hydrogens is 291 g/mol. The number of esters is 1. The third-order valence-electron chi connectivity index (χ3n) is 3.33. The molecule has 4 nitrogen and oxygen atoms in total. The van der Waals surface area contributed by atoms with E-state index in [-0.39, 0.29) is 13.2 Å². The van der Waals surface area contributed by atoms with Gasteiger partial charge in [-0.25, -0.2) is 9.37 Å². The average molecular weight is 308 g/mol. The topological polar surface area (TPSA) is 65.2 Å². The van der Waals surface area contributed by atoms with Gasteiger partial charge in [-0.2, -0.15) is 0 Å². The lowest BCUT2D eigenvalue weighted by Gasteiger charge is -2.30. The van der Waals surface area contributed by atoms with Crippen molar-refractivity contribution in [3.05, 3.63) is 52.2 Å². The van der Waals surface area contributed by atoms with Crippen molar-refractivity contribution in [3.63, 3.8) is 0 Å². The molecule has 0 saturated heterocycles. The van der Waals surface area contributed by atoms with E-state index in [2.05, 4.69) is 4.98 Å². The zero-order valence-corrected chi connectivity index (χ0v) is 12.5. The summed E-state index contributed by atoms with van der Waals surface area (Å²) in [6, 6.07) is 5.92. The molecule has 1 atom stereocenters. The van der Waals surface area contributed by atoms with Crippen molar-refractivity contribution in [1.82, 2.24) is 4.98 Å². The number of thiazole rings is 1. The number of hydrogen-bond acceptors (Lipinski definition) is 5. The fourth-order valence-electron chi connectivity index (χ4n) is 2.22. The molecule has 0 spiro atoms. The first-order valence-corrected chi connectivity index (χ1v) is 7.52. The molecule has 0 aliphatic carbocycles. The van der Waals surface area contributed by atoms with Gasteiger partial charge in [0.25, 0.3) is 0 Å². The summed E-state index contributed by atoms with van der Waals surface area (Å²) in [6.45, 7) is 2.00. The van der Waals surface area contributed by atoms with E-state index in [1.54, 1.807) is 25.3 Å². The maximum atomic E-state index is 13.6. The number of nitrogens with two attached hydrogens (primary N) is 1. The minimum absolute atomic E-state index is 0.0227. The number of ether oxygens (including phenoxy) is 1. The van der Waals surface area contributed by atoms with Crippen molar-refractivity contribution >= 4 is 17.3 Å². The van der Waals surface area contributed by atoms with E-state index in [1.807, 2.05) is 5.38 Å². The van der Waals surface area contributed by atoms with Gasteiger partial charge in [0.2, 0.25) is 0 Å². The molecule has 0 radical (unpaired) electrons. The molecular formula is C15H17FN2O2S. The van der Waals surface area contributed by atoms with E-state index in [0.29, 0.717) is 12.0 Å². The fraction of sp³-hybridized carbons (Fsp3) is 0.333. The van der Waals surface area contributed by atoms with E-state index in [1.165, 1.54) is 23.5 Å². The second kappa shape index (κ2) is 6.78. The summed E-state index contributed by atoms with van der Waals surface area (Å²) in [5.74, 6) is -0.859. The van der Waals surface area contributed by atoms with Gasteiger partial charge in [0.1, 0.15) is 11.2 Å². The molecule has 0 bridgehead atoms. The minimum Gasteiger partial charge on any atom is -0.465 e. The molecule has 1 aromatic heterocycles. The maximum Gasteiger partial charge on any atom is 0.318 e. The number of carbonyl (C=O) groups is 1. The third kappa shape index (κ3) is 3.28. The number of benzene rings is 1. The Kier molecular flexibility index (Phi) is 5.03. The van der Waals surface area contributed by atoms with Gasteiger partial charge in [-0.05, 0) is 24.6 Å². The Labute approximate surface area is 126 Å². The molecule has 0 saturated carbocycles. The van der Waals surface area contributed by atoms with E-state index in [9.17, 15) is 9.18 Å². The number of halogens is 1. The second-order valence-electron chi connectivity index (χ2n) is 4.62. The number of nitrogens with zero attached hydrogens (tertiary/aromatic N) is 1. The van der Waals surface area contributed by atoms with E-state index in [4.69, 9.17) is 10.5 Å². The molecule has 0 amide bonds. The highest BCUT2D eigenvalue weighted by molar-refractivity contribution is 7.09. The van der Waals surface area contributed by atoms with Crippen LogP contribution >= 0.6 is 11.3 Å². The van der Waals surface area contributed by atoms with Crippen molar-refractivity contribution in [2.24, 2.45) is 5.73 Å². The average Bonchev–Trinajstić information content (AvgIpc) is 2.98. The normalized spacial score (nSPS) is 13.7. The van der Waals surface area contributed by atoms with Crippen LogP contribution in [0.2, 0.25) is 0 Å². The minimum atomic E-state index is -1.12. The van der Waals surface area contributed by atoms with Gasteiger partial charge in [0, 0.05) is 24.5 Å². The fourth-order valence-corrected chi connectivity index (χ4v) is 2.95. The predicted octanol–water partition coefficient (Wildman–Crippen LogP) is 2.28. The highest BCUT2D eigenvalue weighted by Gasteiger charge is 2.41. The van der Waals surface area contributed by atoms with Crippen LogP contribution < -0.4 is 5.73 Å². The smallest absolute Gasteiger partial charge is 0.318 e. The zero-order valence-electron chi connectivity index (χ0n) is 11.7. The summed E-state index contributed by atoms with van der Waals surface area (Å²) in [7, 11) is 0. The molecule has 1 unspecified atom stereocenters. The molecule has 0 aliphatic rings. The Hall–Kier alpha value is -1.79. The van der Waals surface area contributed by atoms with Crippen LogP contribution in [-0.4, -0.2) is 24.1 Å². The SMILES string of the molecule is CCOC(=O)C(CN)(Cc1nccs1)c1cccc(F)c1. The van der Waals surface area contributed by atoms with Crippen molar-refractivity contribution < 1.29 is 13.9 Å². The number of hydrogen-bond donors (Lipinski definition) is 1. The van der Waals surface area contributed by atoms with E-state index >= 15 is 0 Å². The second-order valence-corrected chi connectivity index (χ2v) is 5.60. The summed E-state index contributed by atoms with van der Waals surface area (Å²) in [6.07, 6.45) is 1.96. The Morgan fingerprint density at radius 3 is 2.90 bits per heavy atom. The zero-order chi connectivity index (χ0) is 15.3. The quantitative estimate of drug-likeness (QED) is 0.832. The number of aromatic nitrogens is 1. The Balaban J connectivity index is 2.47. The molecule has 2 N–H and O–H groups in total. The third-order valence-corrected chi connectivity index (χ3v) is 4.11. The maximum absolute atomic E-state index is 13.6. The Morgan fingerprint density at radius 2 is 2.33 bits per heavy atom. The van der Waals surface area contributed by atoms with Gasteiger partial charge < -0.3 is 10.5 Å². The van der Waals surface area contributed by atoms with Crippen LogP contribution in [0.4, 0.5) is 4.39 Å². The largest absolute Gasteiger partial charge is 0.465 e. The summed E-state index contributed by atoms with van der Waals surface area (Å²) in [5.41, 5.74) is 5.29. The van der Waals surface area contributed by atoms with Crippen LogP contribution in [0.1, 0.15) is 17.5 Å². The summed E-state index contributed by atoms with van der Waals surface area (Å²) >= 11 is 1.43. The molecule has 112 valence electrons. The molecule has 0 fully saturated rings. The highest BCUT2D eigenvalue weighted by atomic mass is 32.1. The van der Waals surface area contributed by atoms with Crippen LogP contribution in [0.5, 0.6) is 0 Å². The van der Waals surface area contributed by atoms with Gasteiger partial charge in [-0.15, -0.1) is 11.3 Å². The van der Waals surface area contributed by atoms with E-state index < -0.39 is 17.2 Å². The Bertz CT molecular complexity index is 603. The first kappa shape index (κ1) is 15.6. The van der Waals surface area contributed by atoms with Crippen LogP contribution in [0, 0.1) is 5.82 Å². The Morgan fingerprint density at radius 1 is 1.52 bits per heavy atom. The lowest BCUT2D eigenvalue weighted by molar-refractivity contribution is -0.149. The predicted molar refractivity (Wildman–Crippen MR) is 79.6 cm³/mol.